The first-order chi connectivity index (χ1) is 6.70. The first-order valence-electron chi connectivity index (χ1n) is 5.06. The molecule has 0 spiro atoms. The van der Waals surface area contributed by atoms with Crippen LogP contribution in [0.3, 0.4) is 0 Å². The number of pyridine rings is 1. The van der Waals surface area contributed by atoms with Crippen molar-refractivity contribution in [2.75, 3.05) is 11.9 Å². The zero-order valence-corrected chi connectivity index (χ0v) is 8.64. The van der Waals surface area contributed by atoms with E-state index in [1.54, 1.807) is 13.1 Å². The largest absolute Gasteiger partial charge is 0.389 e. The minimum Gasteiger partial charge on any atom is -0.389 e. The van der Waals surface area contributed by atoms with Gasteiger partial charge in [0.25, 0.3) is 0 Å². The van der Waals surface area contributed by atoms with Crippen molar-refractivity contribution in [1.29, 1.82) is 0 Å². The summed E-state index contributed by atoms with van der Waals surface area (Å²) in [5.74, 6) is 0.921. The Hall–Kier alpha value is -1.09. The fourth-order valence-corrected chi connectivity index (χ4v) is 1.66. The molecule has 0 amide bonds. The van der Waals surface area contributed by atoms with Crippen molar-refractivity contribution in [3.63, 3.8) is 0 Å². The molecule has 1 aliphatic carbocycles. The molecule has 2 rings (SSSR count). The second-order valence-electron chi connectivity index (χ2n) is 3.93. The summed E-state index contributed by atoms with van der Waals surface area (Å²) in [4.78, 5) is 6.50. The summed E-state index contributed by atoms with van der Waals surface area (Å²) in [7, 11) is 2.05. The van der Waals surface area contributed by atoms with E-state index >= 15 is 0 Å². The van der Waals surface area contributed by atoms with Crippen molar-refractivity contribution < 1.29 is 5.11 Å². The summed E-state index contributed by atoms with van der Waals surface area (Å²) in [5.41, 5.74) is 0.918. The first kappa shape index (κ1) is 9.46. The number of hydrogen-bond donors (Lipinski definition) is 1. The smallest absolute Gasteiger partial charge is 0.134 e. The van der Waals surface area contributed by atoms with Crippen LogP contribution in [0.5, 0.6) is 0 Å². The molecule has 1 heterocycles. The highest BCUT2D eigenvalue weighted by Gasteiger charge is 2.28. The highest BCUT2D eigenvalue weighted by Crippen LogP contribution is 2.32. The lowest BCUT2D eigenvalue weighted by Crippen LogP contribution is -2.22. The molecule has 76 valence electrons. The van der Waals surface area contributed by atoms with Crippen LogP contribution >= 0.6 is 0 Å². The van der Waals surface area contributed by atoms with Crippen molar-refractivity contribution in [2.24, 2.45) is 0 Å². The van der Waals surface area contributed by atoms with Gasteiger partial charge in [-0.1, -0.05) is 6.07 Å². The summed E-state index contributed by atoms with van der Waals surface area (Å²) >= 11 is 0. The van der Waals surface area contributed by atoms with E-state index in [1.807, 2.05) is 19.2 Å². The Bertz CT molecular complexity index is 321. The van der Waals surface area contributed by atoms with Crippen LogP contribution in [-0.4, -0.2) is 23.2 Å². The number of aliphatic hydroxyl groups is 1. The Kier molecular flexibility index (Phi) is 2.42. The van der Waals surface area contributed by atoms with Gasteiger partial charge in [-0.25, -0.2) is 4.98 Å². The van der Waals surface area contributed by atoms with Crippen molar-refractivity contribution in [3.8, 4) is 0 Å². The van der Waals surface area contributed by atoms with Crippen LogP contribution < -0.4 is 4.90 Å². The highest BCUT2D eigenvalue weighted by atomic mass is 16.3. The van der Waals surface area contributed by atoms with E-state index in [2.05, 4.69) is 9.88 Å². The van der Waals surface area contributed by atoms with Gasteiger partial charge in [-0.05, 0) is 25.8 Å². The lowest BCUT2D eigenvalue weighted by atomic mass is 10.1. The van der Waals surface area contributed by atoms with Gasteiger partial charge in [-0.2, -0.15) is 0 Å². The van der Waals surface area contributed by atoms with Crippen molar-refractivity contribution in [3.05, 3.63) is 23.9 Å². The molecule has 1 saturated carbocycles. The molecule has 14 heavy (non-hydrogen) atoms. The monoisotopic (exact) mass is 192 g/mol. The molecule has 0 aromatic carbocycles. The third kappa shape index (κ3) is 1.73. The maximum atomic E-state index is 9.59. The summed E-state index contributed by atoms with van der Waals surface area (Å²) < 4.78 is 0. The summed E-state index contributed by atoms with van der Waals surface area (Å²) in [5, 5.41) is 9.59. The number of aromatic nitrogens is 1. The number of nitrogens with zero attached hydrogens (tertiary/aromatic N) is 2. The van der Waals surface area contributed by atoms with Crippen molar-refractivity contribution in [1.82, 2.24) is 4.98 Å². The Morgan fingerprint density at radius 1 is 1.57 bits per heavy atom. The lowest BCUT2D eigenvalue weighted by Gasteiger charge is -2.21. The fraction of sp³-hybridized carbons (Fsp3) is 0.545. The molecule has 1 atom stereocenters. The van der Waals surface area contributed by atoms with Crippen molar-refractivity contribution >= 4 is 5.82 Å². The van der Waals surface area contributed by atoms with E-state index in [9.17, 15) is 5.11 Å². The molecular formula is C11H16N2O. The van der Waals surface area contributed by atoms with Crippen LogP contribution in [0.4, 0.5) is 5.82 Å². The van der Waals surface area contributed by atoms with Gasteiger partial charge in [-0.15, -0.1) is 0 Å². The molecule has 1 N–H and O–H groups in total. The van der Waals surface area contributed by atoms with Gasteiger partial charge in [0.2, 0.25) is 0 Å². The van der Waals surface area contributed by atoms with Crippen LogP contribution in [0, 0.1) is 0 Å². The minimum absolute atomic E-state index is 0.445. The van der Waals surface area contributed by atoms with Gasteiger partial charge < -0.3 is 10.0 Å². The topological polar surface area (TPSA) is 36.4 Å². The van der Waals surface area contributed by atoms with Gasteiger partial charge in [0.1, 0.15) is 5.82 Å². The predicted octanol–water partition coefficient (Wildman–Crippen LogP) is 1.73. The Labute approximate surface area is 84.4 Å². The predicted molar refractivity (Wildman–Crippen MR) is 56.3 cm³/mol. The average Bonchev–Trinajstić information content (AvgIpc) is 3.00. The maximum absolute atomic E-state index is 9.59. The molecule has 0 radical (unpaired) electrons. The average molecular weight is 192 g/mol. The molecule has 3 heteroatoms. The third-order valence-corrected chi connectivity index (χ3v) is 2.70. The SMILES string of the molecule is CC(O)c1cccnc1N(C)C1CC1. The molecule has 0 bridgehead atoms. The van der Waals surface area contributed by atoms with E-state index in [0.717, 1.165) is 11.4 Å². The standard InChI is InChI=1S/C11H16N2O/c1-8(14)10-4-3-7-12-11(10)13(2)9-5-6-9/h3-4,7-9,14H,5-6H2,1-2H3. The van der Waals surface area contributed by atoms with Gasteiger partial charge in [0.15, 0.2) is 0 Å². The zero-order valence-electron chi connectivity index (χ0n) is 8.64. The Balaban J connectivity index is 2.30. The van der Waals surface area contributed by atoms with Crippen LogP contribution in [0.15, 0.2) is 18.3 Å². The second kappa shape index (κ2) is 3.58. The summed E-state index contributed by atoms with van der Waals surface area (Å²) in [6.07, 6.45) is 3.82. The van der Waals surface area contributed by atoms with E-state index in [4.69, 9.17) is 0 Å². The highest BCUT2D eigenvalue weighted by molar-refractivity contribution is 5.48. The summed E-state index contributed by atoms with van der Waals surface area (Å²) in [6, 6.07) is 4.43. The minimum atomic E-state index is -0.445. The fourth-order valence-electron chi connectivity index (χ4n) is 1.66. The molecule has 1 unspecified atom stereocenters. The molecule has 1 aromatic heterocycles. The number of anilines is 1. The first-order valence-corrected chi connectivity index (χ1v) is 5.06. The van der Waals surface area contributed by atoms with E-state index in [0.29, 0.717) is 6.04 Å². The number of hydrogen-bond acceptors (Lipinski definition) is 3. The molecule has 3 nitrogen and oxygen atoms in total. The van der Waals surface area contributed by atoms with Crippen LogP contribution in [0.25, 0.3) is 0 Å². The normalized spacial score (nSPS) is 17.9. The lowest BCUT2D eigenvalue weighted by molar-refractivity contribution is 0.199. The van der Waals surface area contributed by atoms with Crippen LogP contribution in [0.2, 0.25) is 0 Å². The van der Waals surface area contributed by atoms with E-state index in [1.165, 1.54) is 12.8 Å². The second-order valence-corrected chi connectivity index (χ2v) is 3.93. The van der Waals surface area contributed by atoms with Gasteiger partial charge in [0.05, 0.1) is 6.10 Å². The molecule has 1 aromatic rings. The Morgan fingerprint density at radius 3 is 2.86 bits per heavy atom. The van der Waals surface area contributed by atoms with E-state index < -0.39 is 6.10 Å². The number of aliphatic hydroxyl groups excluding tert-OH is 1. The zero-order chi connectivity index (χ0) is 10.1. The molecular weight excluding hydrogens is 176 g/mol. The number of rotatable bonds is 3. The summed E-state index contributed by atoms with van der Waals surface area (Å²) in [6.45, 7) is 1.78. The van der Waals surface area contributed by atoms with Crippen molar-refractivity contribution in [2.45, 2.75) is 31.9 Å². The molecule has 0 aliphatic heterocycles. The Morgan fingerprint density at radius 2 is 2.29 bits per heavy atom. The van der Waals surface area contributed by atoms with Crippen LogP contribution in [-0.2, 0) is 0 Å². The molecule has 1 fully saturated rings. The quantitative estimate of drug-likeness (QED) is 0.792. The maximum Gasteiger partial charge on any atom is 0.134 e. The van der Waals surface area contributed by atoms with E-state index in [-0.39, 0.29) is 0 Å². The van der Waals surface area contributed by atoms with Crippen LogP contribution in [0.1, 0.15) is 31.4 Å². The van der Waals surface area contributed by atoms with Gasteiger partial charge >= 0.3 is 0 Å². The van der Waals surface area contributed by atoms with Gasteiger partial charge in [0, 0.05) is 24.8 Å². The molecule has 1 aliphatic rings. The van der Waals surface area contributed by atoms with Gasteiger partial charge in [-0.3, -0.25) is 0 Å². The molecule has 0 saturated heterocycles. The third-order valence-electron chi connectivity index (χ3n) is 2.70.